The Morgan fingerprint density at radius 1 is 1.26 bits per heavy atom. The first-order valence-electron chi connectivity index (χ1n) is 6.60. The van der Waals surface area contributed by atoms with E-state index in [2.05, 4.69) is 15.5 Å². The number of nitrogens with one attached hydrogen (secondary N) is 1. The van der Waals surface area contributed by atoms with Crippen LogP contribution in [-0.2, 0) is 6.42 Å². The van der Waals surface area contributed by atoms with Crippen molar-refractivity contribution in [3.8, 4) is 11.4 Å². The lowest BCUT2D eigenvalue weighted by Gasteiger charge is -1.99. The molecule has 0 spiro atoms. The number of hydrogen-bond donors (Lipinski definition) is 1. The van der Waals surface area contributed by atoms with Gasteiger partial charge in [-0.15, -0.1) is 0 Å². The summed E-state index contributed by atoms with van der Waals surface area (Å²) in [5, 5.41) is 8.10. The number of halogens is 1. The summed E-state index contributed by atoms with van der Waals surface area (Å²) in [6.45, 7) is 2.00. The fourth-order valence-corrected chi connectivity index (χ4v) is 2.02. The van der Waals surface area contributed by atoms with E-state index >= 15 is 0 Å². The first-order valence-corrected chi connectivity index (χ1v) is 6.98. The van der Waals surface area contributed by atoms with Crippen LogP contribution in [0.1, 0.15) is 18.7 Å². The minimum Gasteiger partial charge on any atom is -0.339 e. The molecule has 0 saturated heterocycles. The third-order valence-electron chi connectivity index (χ3n) is 3.22. The molecule has 1 aliphatic carbocycles. The number of benzene rings is 1. The van der Waals surface area contributed by atoms with Crippen LogP contribution < -0.4 is 5.32 Å². The smallest absolute Gasteiger partial charge is 0.228 e. The lowest BCUT2D eigenvalue weighted by atomic mass is 10.2. The summed E-state index contributed by atoms with van der Waals surface area (Å²) in [6, 6.07) is 7.43. The maximum Gasteiger partial charge on any atom is 0.228 e. The lowest BCUT2D eigenvalue weighted by Crippen LogP contribution is -2.19. The van der Waals surface area contributed by atoms with Gasteiger partial charge in [-0.1, -0.05) is 16.8 Å². The van der Waals surface area contributed by atoms with Gasteiger partial charge in [0.2, 0.25) is 11.7 Å². The topological polar surface area (TPSA) is 51.0 Å². The molecule has 0 atom stereocenters. The van der Waals surface area contributed by atoms with Crippen LogP contribution in [0.25, 0.3) is 11.4 Å². The minimum atomic E-state index is 0.619. The van der Waals surface area contributed by atoms with E-state index in [-0.39, 0.29) is 0 Å². The molecular weight excluding hydrogens is 262 g/mol. The average Bonchev–Trinajstić information content (AvgIpc) is 3.13. The van der Waals surface area contributed by atoms with Crippen LogP contribution in [0.3, 0.4) is 0 Å². The summed E-state index contributed by atoms with van der Waals surface area (Å²) in [4.78, 5) is 4.38. The maximum absolute atomic E-state index is 5.85. The van der Waals surface area contributed by atoms with Gasteiger partial charge in [0.15, 0.2) is 0 Å². The van der Waals surface area contributed by atoms with Gasteiger partial charge in [0.05, 0.1) is 0 Å². The molecule has 5 heteroatoms. The molecule has 1 fully saturated rings. The van der Waals surface area contributed by atoms with Crippen LogP contribution in [0.4, 0.5) is 0 Å². The van der Waals surface area contributed by atoms with E-state index in [1.807, 2.05) is 24.3 Å². The zero-order valence-corrected chi connectivity index (χ0v) is 11.4. The number of hydrogen-bond acceptors (Lipinski definition) is 4. The fraction of sp³-hybridized carbons (Fsp3) is 0.429. The molecule has 1 aromatic heterocycles. The molecule has 0 amide bonds. The molecule has 100 valence electrons. The molecule has 0 radical (unpaired) electrons. The zero-order chi connectivity index (χ0) is 13.1. The Kier molecular flexibility index (Phi) is 3.80. The standard InChI is InChI=1S/C14H16ClN3O/c15-12-5-3-11(4-6-12)14-17-13(19-18-14)7-8-16-9-10-1-2-10/h3-6,10,16H,1-2,7-9H2. The van der Waals surface area contributed by atoms with E-state index < -0.39 is 0 Å². The van der Waals surface area contributed by atoms with Gasteiger partial charge in [0, 0.05) is 23.6 Å². The van der Waals surface area contributed by atoms with Crippen molar-refractivity contribution in [1.29, 1.82) is 0 Å². The largest absolute Gasteiger partial charge is 0.339 e. The van der Waals surface area contributed by atoms with Crippen molar-refractivity contribution in [3.63, 3.8) is 0 Å². The van der Waals surface area contributed by atoms with E-state index in [0.717, 1.165) is 31.0 Å². The summed E-state index contributed by atoms with van der Waals surface area (Å²) in [6.07, 6.45) is 3.51. The van der Waals surface area contributed by atoms with E-state index in [1.54, 1.807) is 0 Å². The average molecular weight is 278 g/mol. The first-order chi connectivity index (χ1) is 9.31. The summed E-state index contributed by atoms with van der Waals surface area (Å²) in [5.74, 6) is 2.19. The molecule has 0 unspecified atom stereocenters. The summed E-state index contributed by atoms with van der Waals surface area (Å²) >= 11 is 5.85. The normalized spacial score (nSPS) is 14.8. The highest BCUT2D eigenvalue weighted by Crippen LogP contribution is 2.27. The zero-order valence-electron chi connectivity index (χ0n) is 10.6. The van der Waals surface area contributed by atoms with Crippen LogP contribution in [-0.4, -0.2) is 23.2 Å². The predicted octanol–water partition coefficient (Wildman–Crippen LogP) is 2.93. The lowest BCUT2D eigenvalue weighted by molar-refractivity contribution is 0.376. The second-order valence-electron chi connectivity index (χ2n) is 4.92. The Morgan fingerprint density at radius 3 is 2.79 bits per heavy atom. The van der Waals surface area contributed by atoms with Crippen molar-refractivity contribution in [2.24, 2.45) is 5.92 Å². The Bertz CT molecular complexity index is 534. The van der Waals surface area contributed by atoms with Crippen LogP contribution in [0, 0.1) is 5.92 Å². The maximum atomic E-state index is 5.85. The van der Waals surface area contributed by atoms with Gasteiger partial charge in [-0.2, -0.15) is 4.98 Å². The first kappa shape index (κ1) is 12.6. The molecule has 3 rings (SSSR count). The Hall–Kier alpha value is -1.39. The van der Waals surface area contributed by atoms with Gasteiger partial charge >= 0.3 is 0 Å². The molecule has 1 aromatic carbocycles. The molecule has 1 saturated carbocycles. The van der Waals surface area contributed by atoms with Crippen LogP contribution in [0.2, 0.25) is 5.02 Å². The van der Waals surface area contributed by atoms with Crippen molar-refractivity contribution in [2.75, 3.05) is 13.1 Å². The van der Waals surface area contributed by atoms with Crippen LogP contribution in [0.5, 0.6) is 0 Å². The Labute approximate surface area is 117 Å². The third kappa shape index (κ3) is 3.55. The van der Waals surface area contributed by atoms with E-state index in [0.29, 0.717) is 16.7 Å². The fourth-order valence-electron chi connectivity index (χ4n) is 1.90. The molecule has 1 N–H and O–H groups in total. The van der Waals surface area contributed by atoms with Crippen molar-refractivity contribution < 1.29 is 4.52 Å². The van der Waals surface area contributed by atoms with E-state index in [9.17, 15) is 0 Å². The van der Waals surface area contributed by atoms with Gasteiger partial charge < -0.3 is 9.84 Å². The number of rotatable bonds is 6. The molecular formula is C14H16ClN3O. The van der Waals surface area contributed by atoms with Gasteiger partial charge in [-0.25, -0.2) is 0 Å². The monoisotopic (exact) mass is 277 g/mol. The van der Waals surface area contributed by atoms with Crippen molar-refractivity contribution >= 4 is 11.6 Å². The van der Waals surface area contributed by atoms with Gasteiger partial charge in [-0.05, 0) is 49.6 Å². The highest BCUT2D eigenvalue weighted by Gasteiger charge is 2.20. The molecule has 0 aliphatic heterocycles. The van der Waals surface area contributed by atoms with E-state index in [1.165, 1.54) is 12.8 Å². The summed E-state index contributed by atoms with van der Waals surface area (Å²) < 4.78 is 5.24. The molecule has 1 aliphatic rings. The quantitative estimate of drug-likeness (QED) is 0.825. The third-order valence-corrected chi connectivity index (χ3v) is 3.47. The SMILES string of the molecule is Clc1ccc(-c2noc(CCNCC3CC3)n2)cc1. The number of aromatic nitrogens is 2. The van der Waals surface area contributed by atoms with Crippen LogP contribution in [0.15, 0.2) is 28.8 Å². The summed E-state index contributed by atoms with van der Waals surface area (Å²) in [7, 11) is 0. The molecule has 4 nitrogen and oxygen atoms in total. The van der Waals surface area contributed by atoms with Gasteiger partial charge in [-0.3, -0.25) is 0 Å². The second-order valence-corrected chi connectivity index (χ2v) is 5.35. The van der Waals surface area contributed by atoms with E-state index in [4.69, 9.17) is 16.1 Å². The van der Waals surface area contributed by atoms with Crippen molar-refractivity contribution in [2.45, 2.75) is 19.3 Å². The minimum absolute atomic E-state index is 0.619. The highest BCUT2D eigenvalue weighted by molar-refractivity contribution is 6.30. The highest BCUT2D eigenvalue weighted by atomic mass is 35.5. The Morgan fingerprint density at radius 2 is 2.05 bits per heavy atom. The van der Waals surface area contributed by atoms with Crippen LogP contribution >= 0.6 is 11.6 Å². The molecule has 0 bridgehead atoms. The van der Waals surface area contributed by atoms with Gasteiger partial charge in [0.1, 0.15) is 0 Å². The molecule has 1 heterocycles. The summed E-state index contributed by atoms with van der Waals surface area (Å²) in [5.41, 5.74) is 0.922. The van der Waals surface area contributed by atoms with Gasteiger partial charge in [0.25, 0.3) is 0 Å². The predicted molar refractivity (Wildman–Crippen MR) is 74.0 cm³/mol. The van der Waals surface area contributed by atoms with Crippen molar-refractivity contribution in [1.82, 2.24) is 15.5 Å². The molecule has 19 heavy (non-hydrogen) atoms. The van der Waals surface area contributed by atoms with Crippen molar-refractivity contribution in [3.05, 3.63) is 35.2 Å². The Balaban J connectivity index is 1.54. The number of nitrogens with zero attached hydrogens (tertiary/aromatic N) is 2. The second kappa shape index (κ2) is 5.72. The molecule has 2 aromatic rings.